The van der Waals surface area contributed by atoms with Crippen LogP contribution in [0.2, 0.25) is 0 Å². The van der Waals surface area contributed by atoms with Gasteiger partial charge in [0.15, 0.2) is 5.78 Å². The van der Waals surface area contributed by atoms with Crippen molar-refractivity contribution in [3.63, 3.8) is 0 Å². The Balaban J connectivity index is 1.52. The zero-order chi connectivity index (χ0) is 23.8. The summed E-state index contributed by atoms with van der Waals surface area (Å²) in [4.78, 5) is 27.0. The number of benzene rings is 3. The summed E-state index contributed by atoms with van der Waals surface area (Å²) in [5, 5.41) is 0. The Morgan fingerprint density at radius 3 is 2.38 bits per heavy atom. The van der Waals surface area contributed by atoms with E-state index in [1.165, 1.54) is 6.92 Å². The van der Waals surface area contributed by atoms with Crippen molar-refractivity contribution in [2.75, 3.05) is 0 Å². The summed E-state index contributed by atoms with van der Waals surface area (Å²) < 4.78 is 15.7. The SMILES string of the molecule is CC(=O)c1ccc(-c2ccc([C@H]3[C@H]4C=CC[C@@H](C)[C@@H]4C(=O)N3Cc3ccccc3)c(F)c2)cc1. The summed E-state index contributed by atoms with van der Waals surface area (Å²) in [6.07, 6.45) is 5.13. The van der Waals surface area contributed by atoms with Gasteiger partial charge in [-0.15, -0.1) is 0 Å². The van der Waals surface area contributed by atoms with Crippen LogP contribution in [0.4, 0.5) is 4.39 Å². The lowest BCUT2D eigenvalue weighted by molar-refractivity contribution is -0.134. The Bertz CT molecular complexity index is 1250. The van der Waals surface area contributed by atoms with Crippen LogP contribution in [0.3, 0.4) is 0 Å². The van der Waals surface area contributed by atoms with Crippen molar-refractivity contribution in [1.82, 2.24) is 4.90 Å². The maximum absolute atomic E-state index is 15.7. The number of carbonyl (C=O) groups is 2. The Morgan fingerprint density at radius 2 is 1.71 bits per heavy atom. The molecule has 0 unspecified atom stereocenters. The van der Waals surface area contributed by atoms with Crippen LogP contribution >= 0.6 is 0 Å². The number of hydrogen-bond acceptors (Lipinski definition) is 2. The van der Waals surface area contributed by atoms with E-state index in [9.17, 15) is 9.59 Å². The van der Waals surface area contributed by atoms with E-state index in [0.717, 1.165) is 23.1 Å². The fourth-order valence-corrected chi connectivity index (χ4v) is 5.52. The average Bonchev–Trinajstić information content (AvgIpc) is 3.12. The second-order valence-electron chi connectivity index (χ2n) is 9.51. The van der Waals surface area contributed by atoms with E-state index in [0.29, 0.717) is 17.7 Å². The van der Waals surface area contributed by atoms with Gasteiger partial charge in [0.1, 0.15) is 5.82 Å². The number of carbonyl (C=O) groups excluding carboxylic acids is 2. The molecule has 1 fully saturated rings. The molecule has 0 spiro atoms. The largest absolute Gasteiger partial charge is 0.330 e. The molecule has 3 aromatic carbocycles. The molecule has 0 saturated carbocycles. The van der Waals surface area contributed by atoms with Gasteiger partial charge in [-0.05, 0) is 42.0 Å². The summed E-state index contributed by atoms with van der Waals surface area (Å²) in [6.45, 7) is 4.11. The lowest BCUT2D eigenvalue weighted by Gasteiger charge is -2.30. The minimum Gasteiger partial charge on any atom is -0.330 e. The first-order valence-corrected chi connectivity index (χ1v) is 11.9. The predicted octanol–water partition coefficient (Wildman–Crippen LogP) is 6.61. The van der Waals surface area contributed by atoms with E-state index in [-0.39, 0.29) is 41.3 Å². The molecule has 2 aliphatic rings. The molecule has 4 atom stereocenters. The van der Waals surface area contributed by atoms with Gasteiger partial charge in [-0.1, -0.05) is 85.8 Å². The Labute approximate surface area is 199 Å². The summed E-state index contributed by atoms with van der Waals surface area (Å²) in [7, 11) is 0. The van der Waals surface area contributed by atoms with Gasteiger partial charge in [-0.3, -0.25) is 9.59 Å². The third-order valence-corrected chi connectivity index (χ3v) is 7.30. The first kappa shape index (κ1) is 22.3. The van der Waals surface area contributed by atoms with Gasteiger partial charge >= 0.3 is 0 Å². The quantitative estimate of drug-likeness (QED) is 0.322. The molecule has 34 heavy (non-hydrogen) atoms. The first-order valence-electron chi connectivity index (χ1n) is 11.9. The second kappa shape index (κ2) is 9.02. The lowest BCUT2D eigenvalue weighted by atomic mass is 9.75. The number of allylic oxidation sites excluding steroid dienone is 1. The molecule has 1 aliphatic heterocycles. The van der Waals surface area contributed by atoms with Crippen LogP contribution in [0, 0.1) is 23.6 Å². The van der Waals surface area contributed by atoms with Gasteiger partial charge in [0.25, 0.3) is 0 Å². The third-order valence-electron chi connectivity index (χ3n) is 7.30. The van der Waals surface area contributed by atoms with E-state index in [2.05, 4.69) is 19.1 Å². The number of hydrogen-bond donors (Lipinski definition) is 0. The highest BCUT2D eigenvalue weighted by molar-refractivity contribution is 5.94. The van der Waals surface area contributed by atoms with Crippen LogP contribution in [-0.4, -0.2) is 16.6 Å². The highest BCUT2D eigenvalue weighted by Crippen LogP contribution is 2.49. The number of Topliss-reactive ketones (excluding diaryl/α,β-unsaturated/α-hetero) is 1. The molecule has 3 nitrogen and oxygen atoms in total. The molecule has 0 aromatic heterocycles. The molecule has 1 heterocycles. The molecule has 0 bridgehead atoms. The molecular weight excluding hydrogens is 425 g/mol. The van der Waals surface area contributed by atoms with Gasteiger partial charge in [-0.2, -0.15) is 0 Å². The van der Waals surface area contributed by atoms with Crippen LogP contribution < -0.4 is 0 Å². The van der Waals surface area contributed by atoms with E-state index in [1.807, 2.05) is 59.5 Å². The van der Waals surface area contributed by atoms with Gasteiger partial charge in [0.05, 0.1) is 6.04 Å². The monoisotopic (exact) mass is 453 g/mol. The van der Waals surface area contributed by atoms with Crippen molar-refractivity contribution in [3.05, 3.63) is 107 Å². The molecule has 1 saturated heterocycles. The van der Waals surface area contributed by atoms with Crippen LogP contribution in [0.5, 0.6) is 0 Å². The standard InChI is InChI=1S/C30H28FNO2/c1-19-7-6-10-26-28(19)30(34)32(18-21-8-4-3-5-9-21)29(26)25-16-15-24(17-27(25)31)23-13-11-22(12-14-23)20(2)33/h3-6,8-17,19,26,28-29H,7,18H2,1-2H3/t19-,26+,28+,29+/m1/s1. The van der Waals surface area contributed by atoms with Gasteiger partial charge < -0.3 is 4.90 Å². The van der Waals surface area contributed by atoms with Crippen LogP contribution in [0.1, 0.15) is 47.8 Å². The summed E-state index contributed by atoms with van der Waals surface area (Å²) in [6, 6.07) is 22.1. The molecule has 3 aromatic rings. The van der Waals surface area contributed by atoms with Crippen molar-refractivity contribution in [3.8, 4) is 11.1 Å². The summed E-state index contributed by atoms with van der Waals surface area (Å²) >= 11 is 0. The van der Waals surface area contributed by atoms with Crippen LogP contribution in [0.25, 0.3) is 11.1 Å². The van der Waals surface area contributed by atoms with E-state index >= 15 is 4.39 Å². The highest BCUT2D eigenvalue weighted by Gasteiger charge is 2.50. The summed E-state index contributed by atoms with van der Waals surface area (Å²) in [5.74, 6) is -0.142. The molecule has 0 radical (unpaired) electrons. The lowest BCUT2D eigenvalue weighted by Crippen LogP contribution is -2.31. The minimum atomic E-state index is -0.342. The maximum atomic E-state index is 15.7. The molecule has 0 N–H and O–H groups in total. The van der Waals surface area contributed by atoms with E-state index < -0.39 is 0 Å². The highest BCUT2D eigenvalue weighted by atomic mass is 19.1. The van der Waals surface area contributed by atoms with Crippen molar-refractivity contribution >= 4 is 11.7 Å². The minimum absolute atomic E-state index is 0.00167. The number of rotatable bonds is 5. The predicted molar refractivity (Wildman–Crippen MR) is 131 cm³/mol. The zero-order valence-corrected chi connectivity index (χ0v) is 19.4. The number of likely N-dealkylation sites (tertiary alicyclic amines) is 1. The van der Waals surface area contributed by atoms with Gasteiger partial charge in [0, 0.05) is 29.5 Å². The fraction of sp³-hybridized carbons (Fsp3) is 0.267. The normalized spacial score (nSPS) is 23.7. The molecular formula is C30H28FNO2. The molecule has 1 amide bonds. The van der Waals surface area contributed by atoms with Crippen molar-refractivity contribution in [2.24, 2.45) is 17.8 Å². The number of halogens is 1. The molecule has 172 valence electrons. The van der Waals surface area contributed by atoms with Gasteiger partial charge in [0.2, 0.25) is 5.91 Å². The van der Waals surface area contributed by atoms with Crippen molar-refractivity contribution < 1.29 is 14.0 Å². The van der Waals surface area contributed by atoms with Crippen LogP contribution in [0.15, 0.2) is 84.9 Å². The number of ketones is 1. The Morgan fingerprint density at radius 1 is 1.00 bits per heavy atom. The first-order chi connectivity index (χ1) is 16.4. The molecule has 5 rings (SSSR count). The van der Waals surface area contributed by atoms with E-state index in [1.54, 1.807) is 18.2 Å². The third kappa shape index (κ3) is 3.98. The number of amides is 1. The Hall–Kier alpha value is -3.53. The molecule has 1 aliphatic carbocycles. The second-order valence-corrected chi connectivity index (χ2v) is 9.51. The Kier molecular flexibility index (Phi) is 5.91. The fourth-order valence-electron chi connectivity index (χ4n) is 5.52. The number of fused-ring (bicyclic) bond motifs is 1. The van der Waals surface area contributed by atoms with Crippen molar-refractivity contribution in [1.29, 1.82) is 0 Å². The summed E-state index contributed by atoms with van der Waals surface area (Å²) in [5.41, 5.74) is 3.83. The zero-order valence-electron chi connectivity index (χ0n) is 19.4. The maximum Gasteiger partial charge on any atom is 0.227 e. The van der Waals surface area contributed by atoms with E-state index in [4.69, 9.17) is 0 Å². The topological polar surface area (TPSA) is 37.4 Å². The average molecular weight is 454 g/mol. The molecule has 4 heteroatoms. The van der Waals surface area contributed by atoms with Gasteiger partial charge in [-0.25, -0.2) is 4.39 Å². The van der Waals surface area contributed by atoms with Crippen LogP contribution in [-0.2, 0) is 11.3 Å². The smallest absolute Gasteiger partial charge is 0.227 e. The number of nitrogens with zero attached hydrogens (tertiary/aromatic N) is 1. The van der Waals surface area contributed by atoms with Crippen molar-refractivity contribution in [2.45, 2.75) is 32.9 Å².